The number of amides is 1. The molecule has 0 aromatic rings. The van der Waals surface area contributed by atoms with Crippen molar-refractivity contribution < 1.29 is 19.4 Å². The van der Waals surface area contributed by atoms with Crippen molar-refractivity contribution >= 4 is 11.9 Å². The van der Waals surface area contributed by atoms with Gasteiger partial charge < -0.3 is 14.7 Å². The van der Waals surface area contributed by atoms with Crippen LogP contribution in [0.3, 0.4) is 0 Å². The maximum absolute atomic E-state index is 12.5. The summed E-state index contributed by atoms with van der Waals surface area (Å²) in [4.78, 5) is 25.5. The van der Waals surface area contributed by atoms with Crippen LogP contribution in [0.2, 0.25) is 0 Å². The zero-order chi connectivity index (χ0) is 17.0. The van der Waals surface area contributed by atoms with Gasteiger partial charge in [-0.15, -0.1) is 0 Å². The Hall–Kier alpha value is -1.10. The monoisotopic (exact) mass is 325 g/mol. The van der Waals surface area contributed by atoms with E-state index in [-0.39, 0.29) is 24.0 Å². The van der Waals surface area contributed by atoms with Crippen LogP contribution >= 0.6 is 0 Å². The lowest BCUT2D eigenvalue weighted by Crippen LogP contribution is -2.43. The number of carboxylic acids is 1. The number of carbonyl (C=O) groups excluding carboxylic acids is 1. The molecule has 5 heteroatoms. The van der Waals surface area contributed by atoms with E-state index in [0.717, 1.165) is 25.7 Å². The van der Waals surface area contributed by atoms with Crippen molar-refractivity contribution in [3.05, 3.63) is 0 Å². The Kier molecular flexibility index (Phi) is 6.45. The third kappa shape index (κ3) is 4.93. The minimum Gasteiger partial charge on any atom is -0.481 e. The van der Waals surface area contributed by atoms with Crippen LogP contribution in [0.25, 0.3) is 0 Å². The molecule has 0 bridgehead atoms. The predicted molar refractivity (Wildman–Crippen MR) is 88.1 cm³/mol. The average Bonchev–Trinajstić information content (AvgIpc) is 2.86. The Morgan fingerprint density at radius 2 is 1.78 bits per heavy atom. The van der Waals surface area contributed by atoms with Gasteiger partial charge in [-0.1, -0.05) is 13.8 Å². The summed E-state index contributed by atoms with van der Waals surface area (Å²) >= 11 is 0. The number of likely N-dealkylation sites (tertiary alicyclic amines) is 1. The number of carboxylic acid groups (broad SMARTS) is 1. The first-order chi connectivity index (χ1) is 10.9. The van der Waals surface area contributed by atoms with Crippen LogP contribution in [0.1, 0.15) is 65.7 Å². The lowest BCUT2D eigenvalue weighted by molar-refractivity contribution is -0.144. The summed E-state index contributed by atoms with van der Waals surface area (Å²) < 4.78 is 6.04. The second-order valence-electron chi connectivity index (χ2n) is 7.62. The molecule has 0 aromatic heterocycles. The van der Waals surface area contributed by atoms with E-state index < -0.39 is 5.97 Å². The molecular weight excluding hydrogens is 294 g/mol. The molecule has 1 N–H and O–H groups in total. The van der Waals surface area contributed by atoms with Crippen molar-refractivity contribution in [1.29, 1.82) is 0 Å². The SMILES string of the molecule is CC(C)CC(=O)N1[C@H](COC2CCC(C(=O)O)CC2)CC[C@@H]1C. The third-order valence-corrected chi connectivity index (χ3v) is 5.20. The summed E-state index contributed by atoms with van der Waals surface area (Å²) in [5.41, 5.74) is 0. The number of carbonyl (C=O) groups is 2. The van der Waals surface area contributed by atoms with Gasteiger partial charge in [-0.3, -0.25) is 9.59 Å². The fraction of sp³-hybridized carbons (Fsp3) is 0.889. The molecule has 2 rings (SSSR count). The van der Waals surface area contributed by atoms with E-state index in [4.69, 9.17) is 9.84 Å². The Morgan fingerprint density at radius 3 is 2.35 bits per heavy atom. The van der Waals surface area contributed by atoms with Crippen LogP contribution in [0.5, 0.6) is 0 Å². The lowest BCUT2D eigenvalue weighted by Gasteiger charge is -2.32. The summed E-state index contributed by atoms with van der Waals surface area (Å²) in [5.74, 6) is -0.264. The quantitative estimate of drug-likeness (QED) is 0.815. The summed E-state index contributed by atoms with van der Waals surface area (Å²) in [6, 6.07) is 0.492. The molecular formula is C18H31NO4. The summed E-state index contributed by atoms with van der Waals surface area (Å²) in [6.07, 6.45) is 5.86. The van der Waals surface area contributed by atoms with E-state index >= 15 is 0 Å². The van der Waals surface area contributed by atoms with Gasteiger partial charge in [0.25, 0.3) is 0 Å². The standard InChI is InChI=1S/C18H31NO4/c1-12(2)10-17(20)19-13(3)4-7-15(19)11-23-16-8-5-14(6-9-16)18(21)22/h12-16H,4-11H2,1-3H3,(H,21,22)/t13-,14?,15-,16?/m0/s1. The lowest BCUT2D eigenvalue weighted by atomic mass is 9.87. The predicted octanol–water partition coefficient (Wildman–Crippen LogP) is 3.07. The van der Waals surface area contributed by atoms with Crippen LogP contribution in [0, 0.1) is 11.8 Å². The number of hydrogen-bond donors (Lipinski definition) is 1. The van der Waals surface area contributed by atoms with Gasteiger partial charge in [0.2, 0.25) is 5.91 Å². The Bertz CT molecular complexity index is 415. The summed E-state index contributed by atoms with van der Waals surface area (Å²) in [7, 11) is 0. The molecule has 1 saturated carbocycles. The Morgan fingerprint density at radius 1 is 1.13 bits per heavy atom. The summed E-state index contributed by atoms with van der Waals surface area (Å²) in [6.45, 7) is 6.86. The van der Waals surface area contributed by atoms with Crippen LogP contribution in [0.4, 0.5) is 0 Å². The molecule has 0 unspecified atom stereocenters. The van der Waals surface area contributed by atoms with Gasteiger partial charge in [-0.2, -0.15) is 0 Å². The number of rotatable bonds is 6. The third-order valence-electron chi connectivity index (χ3n) is 5.20. The maximum Gasteiger partial charge on any atom is 0.306 e. The highest BCUT2D eigenvalue weighted by molar-refractivity contribution is 5.77. The minimum atomic E-state index is -0.682. The fourth-order valence-electron chi connectivity index (χ4n) is 3.86. The van der Waals surface area contributed by atoms with Crippen LogP contribution in [0.15, 0.2) is 0 Å². The Balaban J connectivity index is 1.80. The Labute approximate surface area is 139 Å². The van der Waals surface area contributed by atoms with Gasteiger partial charge in [0.05, 0.1) is 24.7 Å². The smallest absolute Gasteiger partial charge is 0.306 e. The van der Waals surface area contributed by atoms with Gasteiger partial charge in [-0.05, 0) is 51.4 Å². The molecule has 23 heavy (non-hydrogen) atoms. The van der Waals surface area contributed by atoms with E-state index in [0.29, 0.717) is 37.8 Å². The van der Waals surface area contributed by atoms with Crippen molar-refractivity contribution in [3.8, 4) is 0 Å². The van der Waals surface area contributed by atoms with Gasteiger partial charge in [-0.25, -0.2) is 0 Å². The molecule has 0 radical (unpaired) electrons. The second kappa shape index (κ2) is 8.13. The molecule has 1 aliphatic heterocycles. The molecule has 1 saturated heterocycles. The molecule has 2 atom stereocenters. The highest BCUT2D eigenvalue weighted by Gasteiger charge is 2.35. The van der Waals surface area contributed by atoms with Gasteiger partial charge in [0.15, 0.2) is 0 Å². The van der Waals surface area contributed by atoms with Crippen molar-refractivity contribution in [2.45, 2.75) is 83.9 Å². The second-order valence-corrected chi connectivity index (χ2v) is 7.62. The van der Waals surface area contributed by atoms with E-state index in [9.17, 15) is 9.59 Å². The van der Waals surface area contributed by atoms with E-state index in [1.54, 1.807) is 0 Å². The highest BCUT2D eigenvalue weighted by Crippen LogP contribution is 2.29. The van der Waals surface area contributed by atoms with Gasteiger partial charge >= 0.3 is 5.97 Å². The van der Waals surface area contributed by atoms with Crippen molar-refractivity contribution in [2.24, 2.45) is 11.8 Å². The zero-order valence-corrected chi connectivity index (χ0v) is 14.7. The molecule has 1 aliphatic carbocycles. The molecule has 2 aliphatic rings. The molecule has 1 amide bonds. The number of ether oxygens (including phenoxy) is 1. The summed E-state index contributed by atoms with van der Waals surface area (Å²) in [5, 5.41) is 9.04. The first-order valence-electron chi connectivity index (χ1n) is 9.04. The maximum atomic E-state index is 12.5. The molecule has 0 aromatic carbocycles. The molecule has 132 valence electrons. The molecule has 2 fully saturated rings. The van der Waals surface area contributed by atoms with Crippen molar-refractivity contribution in [3.63, 3.8) is 0 Å². The van der Waals surface area contributed by atoms with E-state index in [2.05, 4.69) is 20.8 Å². The number of hydrogen-bond acceptors (Lipinski definition) is 3. The number of aliphatic carboxylic acids is 1. The van der Waals surface area contributed by atoms with Gasteiger partial charge in [0, 0.05) is 12.5 Å². The normalized spacial score (nSPS) is 31.6. The van der Waals surface area contributed by atoms with Gasteiger partial charge in [0.1, 0.15) is 0 Å². The minimum absolute atomic E-state index is 0.156. The number of nitrogens with zero attached hydrogens (tertiary/aromatic N) is 1. The fourth-order valence-corrected chi connectivity index (χ4v) is 3.86. The molecule has 5 nitrogen and oxygen atoms in total. The van der Waals surface area contributed by atoms with Crippen molar-refractivity contribution in [2.75, 3.05) is 6.61 Å². The molecule has 1 heterocycles. The topological polar surface area (TPSA) is 66.8 Å². The zero-order valence-electron chi connectivity index (χ0n) is 14.7. The van der Waals surface area contributed by atoms with Crippen LogP contribution in [-0.2, 0) is 14.3 Å². The highest BCUT2D eigenvalue weighted by atomic mass is 16.5. The largest absolute Gasteiger partial charge is 0.481 e. The van der Waals surface area contributed by atoms with Crippen molar-refractivity contribution in [1.82, 2.24) is 4.90 Å². The van der Waals surface area contributed by atoms with Crippen LogP contribution < -0.4 is 0 Å². The first-order valence-corrected chi connectivity index (χ1v) is 9.04. The van der Waals surface area contributed by atoms with E-state index in [1.807, 2.05) is 4.90 Å². The van der Waals surface area contributed by atoms with Crippen LogP contribution in [-0.4, -0.2) is 46.7 Å². The average molecular weight is 325 g/mol. The first kappa shape index (κ1) is 18.2. The van der Waals surface area contributed by atoms with E-state index in [1.165, 1.54) is 0 Å². The molecule has 0 spiro atoms.